The Labute approximate surface area is 315 Å². The number of halogens is 2. The van der Waals surface area contributed by atoms with Gasteiger partial charge in [0.05, 0.1) is 16.9 Å². The van der Waals surface area contributed by atoms with Crippen LogP contribution in [0.4, 0.5) is 19.4 Å². The van der Waals surface area contributed by atoms with E-state index >= 15 is 8.78 Å². The Morgan fingerprint density at radius 3 is 2.41 bits per heavy atom. The number of benzene rings is 1. The van der Waals surface area contributed by atoms with Crippen LogP contribution >= 0.6 is 0 Å². The van der Waals surface area contributed by atoms with Gasteiger partial charge in [-0.25, -0.2) is 32.0 Å². The number of methoxy groups -OCH3 is 1. The highest BCUT2D eigenvalue weighted by Crippen LogP contribution is 2.42. The van der Waals surface area contributed by atoms with Crippen LogP contribution in [0.5, 0.6) is 0 Å². The molecule has 0 bridgehead atoms. The second kappa shape index (κ2) is 17.2. The Kier molecular flexibility index (Phi) is 13.1. The van der Waals surface area contributed by atoms with Gasteiger partial charge >= 0.3 is 6.09 Å². The molecule has 15 heteroatoms. The van der Waals surface area contributed by atoms with Crippen LogP contribution in [0.25, 0.3) is 11.0 Å². The highest BCUT2D eigenvalue weighted by Gasteiger charge is 2.44. The second-order valence-electron chi connectivity index (χ2n) is 15.6. The topological polar surface area (TPSA) is 150 Å². The summed E-state index contributed by atoms with van der Waals surface area (Å²) in [6.07, 6.45) is 4.80. The Morgan fingerprint density at radius 2 is 1.76 bits per heavy atom. The summed E-state index contributed by atoms with van der Waals surface area (Å²) in [4.78, 5) is 48.2. The first kappa shape index (κ1) is 41.2. The lowest BCUT2D eigenvalue weighted by Crippen LogP contribution is -2.44. The predicted molar refractivity (Wildman–Crippen MR) is 203 cm³/mol. The first-order valence-corrected chi connectivity index (χ1v) is 20.6. The largest absolute Gasteiger partial charge is 0.444 e. The minimum atomic E-state index is -3.16. The lowest BCUT2D eigenvalue weighted by atomic mass is 9.85. The number of carbonyl (C=O) groups excluding carboxylic acids is 2. The molecule has 1 unspecified atom stereocenters. The van der Waals surface area contributed by atoms with Crippen molar-refractivity contribution in [3.63, 3.8) is 0 Å². The number of alkyl halides is 2. The number of nitrogens with one attached hydrogen (secondary N) is 1. The molecule has 0 aliphatic carbocycles. The SMILES string of the molecule is COC(C=O)CCCCCn1c(=O)c(C2CCS(=O)(=O)CC2)cc2c(N[C@H](C)c3cccc(C(F)(F)C4CCN(C(=O)OC(C)(C)C)CC4)c3)ncnc21. The Balaban J connectivity index is 1.37. The van der Waals surface area contributed by atoms with Gasteiger partial charge in [0.2, 0.25) is 0 Å². The summed E-state index contributed by atoms with van der Waals surface area (Å²) in [6, 6.07) is 7.61. The van der Waals surface area contributed by atoms with Crippen LogP contribution in [0.2, 0.25) is 0 Å². The summed E-state index contributed by atoms with van der Waals surface area (Å²) in [5, 5.41) is 3.95. The van der Waals surface area contributed by atoms with E-state index in [1.165, 1.54) is 30.5 Å². The van der Waals surface area contributed by atoms with Crippen molar-refractivity contribution in [1.29, 1.82) is 0 Å². The van der Waals surface area contributed by atoms with Crippen molar-refractivity contribution < 1.29 is 36.3 Å². The molecule has 54 heavy (non-hydrogen) atoms. The van der Waals surface area contributed by atoms with Crippen molar-refractivity contribution in [2.24, 2.45) is 5.92 Å². The molecule has 3 aromatic rings. The molecule has 2 aliphatic rings. The number of unbranched alkanes of at least 4 members (excludes halogenated alkanes) is 2. The first-order chi connectivity index (χ1) is 25.5. The molecule has 1 aromatic carbocycles. The lowest BCUT2D eigenvalue weighted by molar-refractivity contribution is -0.116. The summed E-state index contributed by atoms with van der Waals surface area (Å²) < 4.78 is 68.7. The Morgan fingerprint density at radius 1 is 1.06 bits per heavy atom. The van der Waals surface area contributed by atoms with Gasteiger partial charge in [-0.1, -0.05) is 31.0 Å². The van der Waals surface area contributed by atoms with Crippen LogP contribution in [0.1, 0.15) is 108 Å². The van der Waals surface area contributed by atoms with Crippen LogP contribution in [-0.2, 0) is 36.6 Å². The predicted octanol–water partition coefficient (Wildman–Crippen LogP) is 6.77. The van der Waals surface area contributed by atoms with Crippen LogP contribution in [0, 0.1) is 5.92 Å². The van der Waals surface area contributed by atoms with Crippen LogP contribution < -0.4 is 10.9 Å². The molecule has 0 saturated carbocycles. The monoisotopic (exact) mass is 773 g/mol. The molecule has 1 N–H and O–H groups in total. The number of aryl methyl sites for hydroxylation is 1. The fourth-order valence-electron chi connectivity index (χ4n) is 7.34. The number of amides is 1. The Bertz CT molecular complexity index is 1940. The molecule has 12 nitrogen and oxygen atoms in total. The van der Waals surface area contributed by atoms with Crippen molar-refractivity contribution in [2.45, 2.75) is 115 Å². The van der Waals surface area contributed by atoms with Crippen molar-refractivity contribution in [2.75, 3.05) is 37.0 Å². The molecule has 5 rings (SSSR count). The van der Waals surface area contributed by atoms with Gasteiger partial charge in [-0.3, -0.25) is 9.36 Å². The highest BCUT2D eigenvalue weighted by atomic mass is 32.2. The number of likely N-dealkylation sites (tertiary alicyclic amines) is 1. The number of nitrogens with zero attached hydrogens (tertiary/aromatic N) is 4. The van der Waals surface area contributed by atoms with E-state index in [2.05, 4.69) is 15.3 Å². The standard InChI is InChI=1S/C39H53F2N5O7S/c1-26(28-10-9-11-30(22-28)39(40,41)29-13-18-45(19-14-29)37(49)53-38(2,3)4)44-34-33-23-32(27-15-20-54(50,51)21-16-27)36(48)46(35(33)43-25-42-34)17-8-6-7-12-31(24-47)52-5/h9-11,22-27,29,31H,6-8,12-21H2,1-5H3,(H,42,43,44)/t26-,31?/m1/s1. The van der Waals surface area contributed by atoms with Crippen molar-refractivity contribution in [1.82, 2.24) is 19.4 Å². The minimum absolute atomic E-state index is 0.00377. The first-order valence-electron chi connectivity index (χ1n) is 18.8. The van der Waals surface area contributed by atoms with Gasteiger partial charge in [-0.2, -0.15) is 0 Å². The fourth-order valence-corrected chi connectivity index (χ4v) is 8.84. The number of sulfone groups is 1. The highest BCUT2D eigenvalue weighted by molar-refractivity contribution is 7.91. The third kappa shape index (κ3) is 10.0. The number of ether oxygens (including phenoxy) is 2. The van der Waals surface area contributed by atoms with Gasteiger partial charge < -0.3 is 24.5 Å². The minimum Gasteiger partial charge on any atom is -0.444 e. The van der Waals surface area contributed by atoms with Gasteiger partial charge in [0.15, 0.2) is 0 Å². The quantitative estimate of drug-likeness (QED) is 0.137. The van der Waals surface area contributed by atoms with E-state index in [0.29, 0.717) is 60.2 Å². The van der Waals surface area contributed by atoms with Crippen LogP contribution in [-0.4, -0.2) is 83.6 Å². The van der Waals surface area contributed by atoms with E-state index in [0.717, 1.165) is 19.1 Å². The van der Waals surface area contributed by atoms with Gasteiger partial charge in [0.25, 0.3) is 11.5 Å². The molecule has 2 saturated heterocycles. The molecule has 296 valence electrons. The Hall–Kier alpha value is -3.98. The number of hydrogen-bond acceptors (Lipinski definition) is 10. The van der Waals surface area contributed by atoms with Gasteiger partial charge in [0, 0.05) is 49.8 Å². The summed E-state index contributed by atoms with van der Waals surface area (Å²) in [5.74, 6) is -3.91. The van der Waals surface area contributed by atoms with Crippen LogP contribution in [0.15, 0.2) is 41.5 Å². The molecule has 2 atom stereocenters. The number of carbonyl (C=O) groups is 2. The molecular formula is C39H53F2N5O7S. The summed E-state index contributed by atoms with van der Waals surface area (Å²) >= 11 is 0. The molecule has 1 amide bonds. The maximum Gasteiger partial charge on any atom is 0.410 e. The van der Waals surface area contributed by atoms with Crippen molar-refractivity contribution in [3.05, 3.63) is 63.7 Å². The van der Waals surface area contributed by atoms with E-state index in [4.69, 9.17) is 9.47 Å². The van der Waals surface area contributed by atoms with E-state index in [1.54, 1.807) is 43.5 Å². The average Bonchev–Trinajstić information content (AvgIpc) is 3.13. The molecule has 4 heterocycles. The summed E-state index contributed by atoms with van der Waals surface area (Å²) in [5.41, 5.74) is 0.531. The van der Waals surface area contributed by atoms with Crippen molar-refractivity contribution >= 4 is 39.1 Å². The van der Waals surface area contributed by atoms with E-state index in [1.807, 2.05) is 6.92 Å². The lowest BCUT2D eigenvalue weighted by Gasteiger charge is -2.36. The fraction of sp³-hybridized carbons (Fsp3) is 0.615. The maximum absolute atomic E-state index is 16.0. The smallest absolute Gasteiger partial charge is 0.410 e. The zero-order valence-corrected chi connectivity index (χ0v) is 32.7. The van der Waals surface area contributed by atoms with Gasteiger partial charge in [0.1, 0.15) is 45.6 Å². The molecule has 2 fully saturated rings. The summed E-state index contributed by atoms with van der Waals surface area (Å²) in [7, 11) is -1.67. The normalized spacial score (nSPS) is 18.3. The maximum atomic E-state index is 16.0. The number of aldehydes is 1. The molecule has 2 aromatic heterocycles. The third-order valence-corrected chi connectivity index (χ3v) is 12.2. The van der Waals surface area contributed by atoms with Gasteiger partial charge in [-0.05, 0) is 89.8 Å². The van der Waals surface area contributed by atoms with Gasteiger partial charge in [-0.15, -0.1) is 0 Å². The van der Waals surface area contributed by atoms with E-state index in [-0.39, 0.29) is 54.5 Å². The molecule has 0 radical (unpaired) electrons. The number of piperidine rings is 1. The van der Waals surface area contributed by atoms with Crippen molar-refractivity contribution in [3.8, 4) is 0 Å². The summed E-state index contributed by atoms with van der Waals surface area (Å²) in [6.45, 7) is 7.88. The second-order valence-corrected chi connectivity index (χ2v) is 17.9. The number of rotatable bonds is 14. The van der Waals surface area contributed by atoms with Crippen LogP contribution in [0.3, 0.4) is 0 Å². The third-order valence-electron chi connectivity index (χ3n) is 10.5. The number of fused-ring (bicyclic) bond motifs is 1. The van der Waals surface area contributed by atoms with E-state index < -0.39 is 45.5 Å². The molecule has 0 spiro atoms. The van der Waals surface area contributed by atoms with E-state index in [9.17, 15) is 22.8 Å². The number of aromatic nitrogens is 3. The molecular weight excluding hydrogens is 721 g/mol. The molecule has 2 aliphatic heterocycles. The number of hydrogen-bond donors (Lipinski definition) is 1. The average molecular weight is 774 g/mol. The number of anilines is 1. The zero-order chi connectivity index (χ0) is 39.3. The zero-order valence-electron chi connectivity index (χ0n) is 31.9. The number of pyridine rings is 1.